The first-order chi connectivity index (χ1) is 9.10. The number of aliphatic hydroxyl groups excluding tert-OH is 1. The summed E-state index contributed by atoms with van der Waals surface area (Å²) in [6.07, 6.45) is -4.19. The largest absolute Gasteiger partial charge is 0.455 e. The smallest absolute Gasteiger partial charge is 0.303 e. The number of carbonyl (C=O) groups is 2. The standard InChI is InChI=1S/C10H16O9S/c1-5(11)17-8-7(4-16-20(3,14)15)19-10(13)9(8)18-6(2)12/h7-10,13H,4H2,1-3H3. The molecule has 1 aliphatic heterocycles. The number of esters is 2. The van der Waals surface area contributed by atoms with Crippen LogP contribution in [-0.4, -0.2) is 62.9 Å². The van der Waals surface area contributed by atoms with E-state index < -0.39 is 53.3 Å². The van der Waals surface area contributed by atoms with E-state index in [1.54, 1.807) is 0 Å². The zero-order valence-corrected chi connectivity index (χ0v) is 12.0. The van der Waals surface area contributed by atoms with Crippen molar-refractivity contribution in [1.29, 1.82) is 0 Å². The van der Waals surface area contributed by atoms with Crippen LogP contribution in [0.3, 0.4) is 0 Å². The Balaban J connectivity index is 2.82. The van der Waals surface area contributed by atoms with Crippen LogP contribution >= 0.6 is 0 Å². The van der Waals surface area contributed by atoms with Gasteiger partial charge in [0.1, 0.15) is 6.10 Å². The first-order valence-corrected chi connectivity index (χ1v) is 7.44. The average molecular weight is 312 g/mol. The Morgan fingerprint density at radius 3 is 2.10 bits per heavy atom. The minimum atomic E-state index is -3.73. The predicted molar refractivity (Wildman–Crippen MR) is 62.8 cm³/mol. The summed E-state index contributed by atoms with van der Waals surface area (Å²) in [7, 11) is -3.73. The summed E-state index contributed by atoms with van der Waals surface area (Å²) >= 11 is 0. The molecule has 10 heteroatoms. The van der Waals surface area contributed by atoms with E-state index in [0.29, 0.717) is 0 Å². The first kappa shape index (κ1) is 16.8. The zero-order chi connectivity index (χ0) is 15.5. The maximum absolute atomic E-state index is 11.0. The lowest BCUT2D eigenvalue weighted by atomic mass is 10.1. The van der Waals surface area contributed by atoms with Gasteiger partial charge in [0.2, 0.25) is 0 Å². The molecule has 9 nitrogen and oxygen atoms in total. The van der Waals surface area contributed by atoms with Crippen LogP contribution in [0.1, 0.15) is 13.8 Å². The SMILES string of the molecule is CC(=O)OC1C(O)OC(COS(C)(=O)=O)C1OC(C)=O. The molecule has 0 amide bonds. The van der Waals surface area contributed by atoms with Crippen molar-refractivity contribution in [3.8, 4) is 0 Å². The Morgan fingerprint density at radius 1 is 1.15 bits per heavy atom. The third-order valence-corrected chi connectivity index (χ3v) is 2.90. The van der Waals surface area contributed by atoms with Gasteiger partial charge >= 0.3 is 11.9 Å². The van der Waals surface area contributed by atoms with Crippen LogP contribution in [0.25, 0.3) is 0 Å². The summed E-state index contributed by atoms with van der Waals surface area (Å²) in [4.78, 5) is 22.0. The quantitative estimate of drug-likeness (QED) is 0.479. The van der Waals surface area contributed by atoms with Crippen molar-refractivity contribution in [3.05, 3.63) is 0 Å². The lowest BCUT2D eigenvalue weighted by Gasteiger charge is -2.21. The summed E-state index contributed by atoms with van der Waals surface area (Å²) in [6.45, 7) is 1.74. The molecule has 0 saturated carbocycles. The zero-order valence-electron chi connectivity index (χ0n) is 11.1. The molecule has 0 bridgehead atoms. The van der Waals surface area contributed by atoms with Crippen molar-refractivity contribution in [3.63, 3.8) is 0 Å². The molecule has 1 rings (SSSR count). The molecule has 1 N–H and O–H groups in total. The van der Waals surface area contributed by atoms with E-state index in [-0.39, 0.29) is 0 Å². The van der Waals surface area contributed by atoms with Gasteiger partial charge in [-0.05, 0) is 0 Å². The summed E-state index contributed by atoms with van der Waals surface area (Å²) in [5, 5.41) is 9.63. The molecule has 116 valence electrons. The number of carbonyl (C=O) groups excluding carboxylic acids is 2. The molecule has 1 saturated heterocycles. The van der Waals surface area contributed by atoms with Crippen molar-refractivity contribution in [2.24, 2.45) is 0 Å². The molecular weight excluding hydrogens is 296 g/mol. The van der Waals surface area contributed by atoms with Crippen molar-refractivity contribution in [1.82, 2.24) is 0 Å². The van der Waals surface area contributed by atoms with E-state index in [9.17, 15) is 23.1 Å². The highest BCUT2D eigenvalue weighted by Gasteiger charge is 2.48. The Labute approximate surface area is 115 Å². The van der Waals surface area contributed by atoms with Crippen LogP contribution in [0.15, 0.2) is 0 Å². The molecular formula is C10H16O9S. The van der Waals surface area contributed by atoms with Gasteiger partial charge in [0.15, 0.2) is 18.5 Å². The van der Waals surface area contributed by atoms with Crippen molar-refractivity contribution in [2.45, 2.75) is 38.4 Å². The third-order valence-electron chi connectivity index (χ3n) is 2.34. The average Bonchev–Trinajstić information content (AvgIpc) is 2.52. The van der Waals surface area contributed by atoms with Gasteiger partial charge in [-0.1, -0.05) is 0 Å². The van der Waals surface area contributed by atoms with Gasteiger partial charge in [0.25, 0.3) is 10.1 Å². The van der Waals surface area contributed by atoms with Crippen LogP contribution in [-0.2, 0) is 38.1 Å². The summed E-state index contributed by atoms with van der Waals surface area (Å²) < 4.78 is 41.1. The number of hydrogen-bond donors (Lipinski definition) is 1. The Hall–Kier alpha value is -1.23. The number of aliphatic hydroxyl groups is 1. The topological polar surface area (TPSA) is 125 Å². The second kappa shape index (κ2) is 6.48. The Kier molecular flexibility index (Phi) is 5.45. The highest BCUT2D eigenvalue weighted by atomic mass is 32.2. The van der Waals surface area contributed by atoms with Gasteiger partial charge in [-0.25, -0.2) is 0 Å². The van der Waals surface area contributed by atoms with Crippen LogP contribution in [0.4, 0.5) is 0 Å². The van der Waals surface area contributed by atoms with Crippen LogP contribution in [0.2, 0.25) is 0 Å². The molecule has 4 unspecified atom stereocenters. The summed E-state index contributed by atoms with van der Waals surface area (Å²) in [5.41, 5.74) is 0. The maximum Gasteiger partial charge on any atom is 0.303 e. The number of hydrogen-bond acceptors (Lipinski definition) is 9. The molecule has 0 aliphatic carbocycles. The highest BCUT2D eigenvalue weighted by Crippen LogP contribution is 2.26. The predicted octanol–water partition coefficient (Wildman–Crippen LogP) is -1.46. The van der Waals surface area contributed by atoms with E-state index in [2.05, 4.69) is 4.18 Å². The van der Waals surface area contributed by atoms with Crippen LogP contribution < -0.4 is 0 Å². The van der Waals surface area contributed by atoms with Gasteiger partial charge in [-0.15, -0.1) is 0 Å². The first-order valence-electron chi connectivity index (χ1n) is 5.62. The Morgan fingerprint density at radius 2 is 1.65 bits per heavy atom. The van der Waals surface area contributed by atoms with Gasteiger partial charge in [0, 0.05) is 13.8 Å². The monoisotopic (exact) mass is 312 g/mol. The van der Waals surface area contributed by atoms with Gasteiger partial charge < -0.3 is 19.3 Å². The second-order valence-corrected chi connectivity index (χ2v) is 5.85. The lowest BCUT2D eigenvalue weighted by Crippen LogP contribution is -2.41. The Bertz CT molecular complexity index is 471. The molecule has 1 aliphatic rings. The highest BCUT2D eigenvalue weighted by molar-refractivity contribution is 7.85. The normalized spacial score (nSPS) is 30.0. The molecule has 4 atom stereocenters. The fraction of sp³-hybridized carbons (Fsp3) is 0.800. The molecule has 0 spiro atoms. The maximum atomic E-state index is 11.0. The van der Waals surface area contributed by atoms with E-state index >= 15 is 0 Å². The third kappa shape index (κ3) is 5.04. The summed E-state index contributed by atoms with van der Waals surface area (Å²) in [5.74, 6) is -1.41. The fourth-order valence-electron chi connectivity index (χ4n) is 1.68. The molecule has 0 aromatic heterocycles. The van der Waals surface area contributed by atoms with Gasteiger partial charge in [-0.2, -0.15) is 8.42 Å². The minimum absolute atomic E-state index is 0.481. The van der Waals surface area contributed by atoms with Crippen LogP contribution in [0, 0.1) is 0 Å². The van der Waals surface area contributed by atoms with E-state index in [4.69, 9.17) is 14.2 Å². The number of rotatable bonds is 5. The van der Waals surface area contributed by atoms with E-state index in [0.717, 1.165) is 20.1 Å². The van der Waals surface area contributed by atoms with Crippen molar-refractivity contribution < 1.29 is 41.5 Å². The second-order valence-electron chi connectivity index (χ2n) is 4.20. The fourth-order valence-corrected chi connectivity index (χ4v) is 2.07. The molecule has 0 aromatic carbocycles. The van der Waals surface area contributed by atoms with Gasteiger partial charge in [0.05, 0.1) is 12.9 Å². The van der Waals surface area contributed by atoms with Crippen molar-refractivity contribution in [2.75, 3.05) is 12.9 Å². The molecule has 1 fully saturated rings. The van der Waals surface area contributed by atoms with Crippen molar-refractivity contribution >= 4 is 22.1 Å². The van der Waals surface area contributed by atoms with Gasteiger partial charge in [-0.3, -0.25) is 13.8 Å². The lowest BCUT2D eigenvalue weighted by molar-refractivity contribution is -0.174. The van der Waals surface area contributed by atoms with E-state index in [1.807, 2.05) is 0 Å². The van der Waals surface area contributed by atoms with Crippen LogP contribution in [0.5, 0.6) is 0 Å². The molecule has 0 radical (unpaired) electrons. The molecule has 0 aromatic rings. The number of ether oxygens (including phenoxy) is 3. The molecule has 1 heterocycles. The minimum Gasteiger partial charge on any atom is -0.455 e. The van der Waals surface area contributed by atoms with E-state index in [1.165, 1.54) is 0 Å². The molecule has 20 heavy (non-hydrogen) atoms. The summed E-state index contributed by atoms with van der Waals surface area (Å²) in [6, 6.07) is 0.